The molecule has 0 N–H and O–H groups in total. The van der Waals surface area contributed by atoms with Gasteiger partial charge in [0, 0.05) is 17.6 Å². The summed E-state index contributed by atoms with van der Waals surface area (Å²) < 4.78 is 0.974. The van der Waals surface area contributed by atoms with Crippen LogP contribution >= 0.6 is 15.9 Å². The number of hydrogen-bond acceptors (Lipinski definition) is 2. The molecule has 0 aromatic heterocycles. The Bertz CT molecular complexity index is 436. The van der Waals surface area contributed by atoms with Crippen LogP contribution < -0.4 is 4.90 Å². The fourth-order valence-corrected chi connectivity index (χ4v) is 2.85. The molecule has 1 atom stereocenters. The van der Waals surface area contributed by atoms with Crippen molar-refractivity contribution < 1.29 is 0 Å². The molecule has 0 radical (unpaired) electrons. The highest BCUT2D eigenvalue weighted by Gasteiger charge is 2.20. The van der Waals surface area contributed by atoms with Crippen LogP contribution in [0, 0.1) is 17.2 Å². The molecule has 1 fully saturated rings. The Hall–Kier alpha value is -1.01. The van der Waals surface area contributed by atoms with Crippen LogP contribution in [0.2, 0.25) is 0 Å². The van der Waals surface area contributed by atoms with Gasteiger partial charge in [-0.25, -0.2) is 0 Å². The maximum absolute atomic E-state index is 9.20. The fourth-order valence-electron chi connectivity index (χ4n) is 2.49. The van der Waals surface area contributed by atoms with Crippen LogP contribution in [0.25, 0.3) is 0 Å². The Kier molecular flexibility index (Phi) is 4.06. The van der Waals surface area contributed by atoms with Gasteiger partial charge in [0.1, 0.15) is 6.07 Å². The van der Waals surface area contributed by atoms with Crippen molar-refractivity contribution in [2.45, 2.75) is 26.2 Å². The quantitative estimate of drug-likeness (QED) is 0.825. The number of nitrogens with zero attached hydrogens (tertiary/aromatic N) is 2. The van der Waals surface area contributed by atoms with E-state index in [0.717, 1.165) is 34.7 Å². The highest BCUT2D eigenvalue weighted by atomic mass is 79.9. The Morgan fingerprint density at radius 1 is 1.53 bits per heavy atom. The second-order valence-corrected chi connectivity index (χ2v) is 5.55. The first-order valence-corrected chi connectivity index (χ1v) is 6.98. The number of rotatable bonds is 2. The van der Waals surface area contributed by atoms with E-state index in [9.17, 15) is 5.26 Å². The van der Waals surface area contributed by atoms with Crippen molar-refractivity contribution >= 4 is 21.6 Å². The average Bonchev–Trinajstić information content (AvgIpc) is 2.38. The molecule has 1 aliphatic rings. The maximum atomic E-state index is 9.20. The van der Waals surface area contributed by atoms with Crippen molar-refractivity contribution in [1.82, 2.24) is 0 Å². The molecule has 1 heterocycles. The molecule has 17 heavy (non-hydrogen) atoms. The number of benzene rings is 1. The van der Waals surface area contributed by atoms with Crippen LogP contribution in [0.3, 0.4) is 0 Å². The summed E-state index contributed by atoms with van der Waals surface area (Å²) in [4.78, 5) is 2.36. The van der Waals surface area contributed by atoms with E-state index in [4.69, 9.17) is 0 Å². The summed E-state index contributed by atoms with van der Waals surface area (Å²) in [5, 5.41) is 9.20. The second kappa shape index (κ2) is 5.55. The SMILES string of the molecule is CCC1CCCN(c2ccc(Br)cc2C#N)C1. The van der Waals surface area contributed by atoms with Gasteiger partial charge in [-0.3, -0.25) is 0 Å². The lowest BCUT2D eigenvalue weighted by molar-refractivity contribution is 0.404. The van der Waals surface area contributed by atoms with Crippen molar-refractivity contribution in [3.8, 4) is 6.07 Å². The largest absolute Gasteiger partial charge is 0.370 e. The van der Waals surface area contributed by atoms with Crippen molar-refractivity contribution in [3.05, 3.63) is 28.2 Å². The van der Waals surface area contributed by atoms with Gasteiger partial charge in [-0.2, -0.15) is 5.26 Å². The molecule has 0 aliphatic carbocycles. The number of hydrogen-bond donors (Lipinski definition) is 0. The van der Waals surface area contributed by atoms with Gasteiger partial charge in [0.05, 0.1) is 11.3 Å². The minimum absolute atomic E-state index is 0.774. The van der Waals surface area contributed by atoms with Gasteiger partial charge < -0.3 is 4.90 Å². The number of anilines is 1. The predicted molar refractivity (Wildman–Crippen MR) is 74.1 cm³/mol. The van der Waals surface area contributed by atoms with Gasteiger partial charge in [-0.05, 0) is 37.0 Å². The molecule has 2 rings (SSSR count). The van der Waals surface area contributed by atoms with Gasteiger partial charge in [0.25, 0.3) is 0 Å². The molecule has 0 spiro atoms. The molecule has 1 aromatic carbocycles. The minimum atomic E-state index is 0.774. The summed E-state index contributed by atoms with van der Waals surface area (Å²) in [5.74, 6) is 0.777. The van der Waals surface area contributed by atoms with E-state index in [2.05, 4.69) is 39.9 Å². The van der Waals surface area contributed by atoms with E-state index in [1.54, 1.807) is 0 Å². The number of piperidine rings is 1. The van der Waals surface area contributed by atoms with Crippen molar-refractivity contribution in [1.29, 1.82) is 5.26 Å². The molecular formula is C14H17BrN2. The lowest BCUT2D eigenvalue weighted by Gasteiger charge is -2.34. The lowest BCUT2D eigenvalue weighted by atomic mass is 9.95. The van der Waals surface area contributed by atoms with Crippen LogP contribution in [0.1, 0.15) is 31.7 Å². The van der Waals surface area contributed by atoms with Gasteiger partial charge in [-0.1, -0.05) is 29.3 Å². The monoisotopic (exact) mass is 292 g/mol. The maximum Gasteiger partial charge on any atom is 0.101 e. The van der Waals surface area contributed by atoms with Crippen molar-refractivity contribution in [2.24, 2.45) is 5.92 Å². The normalized spacial score (nSPS) is 20.1. The number of nitriles is 1. The van der Waals surface area contributed by atoms with Crippen LogP contribution in [0.5, 0.6) is 0 Å². The Morgan fingerprint density at radius 3 is 3.06 bits per heavy atom. The summed E-state index contributed by atoms with van der Waals surface area (Å²) in [6, 6.07) is 8.28. The first-order valence-electron chi connectivity index (χ1n) is 6.19. The summed E-state index contributed by atoms with van der Waals surface area (Å²) >= 11 is 3.42. The zero-order valence-electron chi connectivity index (χ0n) is 10.1. The highest BCUT2D eigenvalue weighted by molar-refractivity contribution is 9.10. The summed E-state index contributed by atoms with van der Waals surface area (Å²) in [6.07, 6.45) is 3.79. The Labute approximate surface area is 111 Å². The topological polar surface area (TPSA) is 27.0 Å². The van der Waals surface area contributed by atoms with Crippen LogP contribution in [0.15, 0.2) is 22.7 Å². The molecule has 0 amide bonds. The van der Waals surface area contributed by atoms with Crippen LogP contribution in [0.4, 0.5) is 5.69 Å². The molecule has 2 nitrogen and oxygen atoms in total. The molecule has 1 aromatic rings. The first-order chi connectivity index (χ1) is 8.24. The smallest absolute Gasteiger partial charge is 0.101 e. The highest BCUT2D eigenvalue weighted by Crippen LogP contribution is 2.29. The van der Waals surface area contributed by atoms with E-state index in [0.29, 0.717) is 0 Å². The third kappa shape index (κ3) is 2.81. The summed E-state index contributed by atoms with van der Waals surface area (Å²) in [5.41, 5.74) is 1.87. The van der Waals surface area contributed by atoms with Crippen molar-refractivity contribution in [3.63, 3.8) is 0 Å². The Balaban J connectivity index is 2.24. The lowest BCUT2D eigenvalue weighted by Crippen LogP contribution is -2.35. The van der Waals surface area contributed by atoms with Crippen LogP contribution in [-0.2, 0) is 0 Å². The van der Waals surface area contributed by atoms with E-state index in [1.165, 1.54) is 19.3 Å². The van der Waals surface area contributed by atoms with E-state index in [1.807, 2.05) is 12.1 Å². The molecule has 90 valence electrons. The molecular weight excluding hydrogens is 276 g/mol. The minimum Gasteiger partial charge on any atom is -0.370 e. The standard InChI is InChI=1S/C14H17BrN2/c1-2-11-4-3-7-17(10-11)14-6-5-13(15)8-12(14)9-16/h5-6,8,11H,2-4,7,10H2,1H3. The summed E-state index contributed by atoms with van der Waals surface area (Å²) in [6.45, 7) is 4.42. The third-order valence-corrected chi connectivity index (χ3v) is 4.01. The van der Waals surface area contributed by atoms with Gasteiger partial charge in [-0.15, -0.1) is 0 Å². The van der Waals surface area contributed by atoms with Gasteiger partial charge in [0.2, 0.25) is 0 Å². The molecule has 1 unspecified atom stereocenters. The average molecular weight is 293 g/mol. The Morgan fingerprint density at radius 2 is 2.35 bits per heavy atom. The molecule has 1 saturated heterocycles. The van der Waals surface area contributed by atoms with E-state index < -0.39 is 0 Å². The third-order valence-electron chi connectivity index (χ3n) is 3.52. The number of halogens is 1. The zero-order valence-corrected chi connectivity index (χ0v) is 11.7. The van der Waals surface area contributed by atoms with Crippen LogP contribution in [-0.4, -0.2) is 13.1 Å². The van der Waals surface area contributed by atoms with E-state index in [-0.39, 0.29) is 0 Å². The second-order valence-electron chi connectivity index (χ2n) is 4.64. The predicted octanol–water partition coefficient (Wildman–Crippen LogP) is 3.95. The van der Waals surface area contributed by atoms with Crippen molar-refractivity contribution in [2.75, 3.05) is 18.0 Å². The fraction of sp³-hybridized carbons (Fsp3) is 0.500. The van der Waals surface area contributed by atoms with E-state index >= 15 is 0 Å². The molecule has 3 heteroatoms. The first kappa shape index (κ1) is 12.4. The van der Waals surface area contributed by atoms with Gasteiger partial charge >= 0.3 is 0 Å². The van der Waals surface area contributed by atoms with Gasteiger partial charge in [0.15, 0.2) is 0 Å². The zero-order chi connectivity index (χ0) is 12.3. The molecule has 0 bridgehead atoms. The summed E-state index contributed by atoms with van der Waals surface area (Å²) in [7, 11) is 0. The molecule has 0 saturated carbocycles. The molecule has 1 aliphatic heterocycles.